The number of fused-ring (bicyclic) bond motifs is 12. The van der Waals surface area contributed by atoms with E-state index in [1.807, 2.05) is 35.6 Å². The molecule has 0 atom stereocenters. The Labute approximate surface area is 275 Å². The predicted molar refractivity (Wildman–Crippen MR) is 200 cm³/mol. The van der Waals surface area contributed by atoms with Crippen LogP contribution >= 0.6 is 11.3 Å². The number of aryl methyl sites for hydroxylation is 1. The number of thiophene rings is 1. The normalized spacial score (nSPS) is 11.9. The van der Waals surface area contributed by atoms with Crippen molar-refractivity contribution in [2.24, 2.45) is 0 Å². The Morgan fingerprint density at radius 1 is 0.511 bits per heavy atom. The maximum Gasteiger partial charge on any atom is 0.162 e. The van der Waals surface area contributed by atoms with Crippen molar-refractivity contribution < 1.29 is 0 Å². The van der Waals surface area contributed by atoms with Gasteiger partial charge in [0, 0.05) is 53.5 Å². The van der Waals surface area contributed by atoms with E-state index in [0.29, 0.717) is 5.82 Å². The summed E-state index contributed by atoms with van der Waals surface area (Å²) < 4.78 is 5.02. The molecule has 0 amide bonds. The zero-order chi connectivity index (χ0) is 31.1. The smallest absolute Gasteiger partial charge is 0.162 e. The molecule has 0 unspecified atom stereocenters. The van der Waals surface area contributed by atoms with Crippen molar-refractivity contribution in [2.45, 2.75) is 6.92 Å². The topological polar surface area (TPSA) is 30.7 Å². The van der Waals surface area contributed by atoms with Gasteiger partial charge in [0.05, 0.1) is 16.7 Å². The maximum absolute atomic E-state index is 5.35. The molecule has 0 aliphatic carbocycles. The monoisotopic (exact) mass is 617 g/mol. The summed E-state index contributed by atoms with van der Waals surface area (Å²) in [5.74, 6) is 1.56. The molecule has 0 spiro atoms. The lowest BCUT2D eigenvalue weighted by Crippen LogP contribution is -2.03. The van der Waals surface area contributed by atoms with E-state index in [9.17, 15) is 0 Å². The van der Waals surface area contributed by atoms with Crippen LogP contribution in [0.4, 0.5) is 0 Å². The predicted octanol–water partition coefficient (Wildman–Crippen LogP) is 11.9. The Kier molecular flexibility index (Phi) is 5.66. The van der Waals surface area contributed by atoms with E-state index in [4.69, 9.17) is 9.97 Å². The molecule has 0 aliphatic heterocycles. The molecule has 0 saturated carbocycles. The fraction of sp³-hybridized carbons (Fsp3) is 0.0233. The molecule has 4 heteroatoms. The number of rotatable bonds is 3. The average Bonchev–Trinajstić information content (AvgIpc) is 3.68. The van der Waals surface area contributed by atoms with E-state index in [1.165, 1.54) is 63.6 Å². The number of hydrogen-bond acceptors (Lipinski definition) is 3. The van der Waals surface area contributed by atoms with Crippen LogP contribution in [0.15, 0.2) is 146 Å². The molecule has 0 radical (unpaired) electrons. The summed E-state index contributed by atoms with van der Waals surface area (Å²) in [6.45, 7) is 2.18. The molecule has 3 aromatic heterocycles. The lowest BCUT2D eigenvalue weighted by Gasteiger charge is -2.14. The van der Waals surface area contributed by atoms with Gasteiger partial charge in [-0.3, -0.25) is 4.57 Å². The van der Waals surface area contributed by atoms with Crippen LogP contribution in [0, 0.1) is 6.92 Å². The number of benzene rings is 7. The van der Waals surface area contributed by atoms with E-state index in [0.717, 1.165) is 28.2 Å². The van der Waals surface area contributed by atoms with Gasteiger partial charge < -0.3 is 0 Å². The molecule has 10 rings (SSSR count). The molecular formula is C43H27N3S. The van der Waals surface area contributed by atoms with Crippen molar-refractivity contribution in [3.8, 4) is 28.5 Å². The van der Waals surface area contributed by atoms with Gasteiger partial charge in [0.15, 0.2) is 5.82 Å². The Morgan fingerprint density at radius 3 is 1.94 bits per heavy atom. The third kappa shape index (κ3) is 3.92. The zero-order valence-electron chi connectivity index (χ0n) is 25.6. The first kappa shape index (κ1) is 26.4. The van der Waals surface area contributed by atoms with Crippen LogP contribution < -0.4 is 0 Å². The third-order valence-electron chi connectivity index (χ3n) is 9.44. The van der Waals surface area contributed by atoms with E-state index in [1.54, 1.807) is 0 Å². The lowest BCUT2D eigenvalue weighted by atomic mass is 9.96. The van der Waals surface area contributed by atoms with Crippen LogP contribution in [0.3, 0.4) is 0 Å². The van der Waals surface area contributed by atoms with Crippen molar-refractivity contribution in [2.75, 3.05) is 0 Å². The van der Waals surface area contributed by atoms with Crippen LogP contribution in [0.1, 0.15) is 5.56 Å². The summed E-state index contributed by atoms with van der Waals surface area (Å²) in [4.78, 5) is 10.5. The van der Waals surface area contributed by atoms with Crippen LogP contribution in [-0.2, 0) is 0 Å². The second-order valence-electron chi connectivity index (χ2n) is 12.3. The minimum atomic E-state index is 0.709. The summed E-state index contributed by atoms with van der Waals surface area (Å²) >= 11 is 1.89. The van der Waals surface area contributed by atoms with Gasteiger partial charge >= 0.3 is 0 Å². The quantitative estimate of drug-likeness (QED) is 0.185. The second kappa shape index (κ2) is 10.1. The molecule has 0 bridgehead atoms. The molecule has 0 saturated heterocycles. The van der Waals surface area contributed by atoms with E-state index in [-0.39, 0.29) is 0 Å². The summed E-state index contributed by atoms with van der Waals surface area (Å²) in [5.41, 5.74) is 6.55. The van der Waals surface area contributed by atoms with Crippen molar-refractivity contribution in [1.29, 1.82) is 0 Å². The summed E-state index contributed by atoms with van der Waals surface area (Å²) in [5, 5.41) is 10.1. The largest absolute Gasteiger partial charge is 0.293 e. The standard InChI is InChI=1S/C43H27N3S/c1-26-20-23-37-34(24-26)33-21-22-36-40(42(33)47-37)39-31-18-10-8-16-29(31)30-17-9-11-19-32(30)41(39)46(36)38-25-35(27-12-4-2-5-13-27)44-43(45-38)28-14-6-3-7-15-28/h2-25H,1H3. The van der Waals surface area contributed by atoms with E-state index >= 15 is 0 Å². The molecule has 47 heavy (non-hydrogen) atoms. The average molecular weight is 618 g/mol. The number of hydrogen-bond donors (Lipinski definition) is 0. The molecule has 3 heterocycles. The SMILES string of the molecule is Cc1ccc2sc3c(ccc4c3c3c5ccccc5c5ccccc5c3n4-c3cc(-c4ccccc4)nc(-c4ccccc4)n3)c2c1. The lowest BCUT2D eigenvalue weighted by molar-refractivity contribution is 1.05. The van der Waals surface area contributed by atoms with Crippen LogP contribution in [0.25, 0.3) is 92.0 Å². The van der Waals surface area contributed by atoms with Gasteiger partial charge in [-0.1, -0.05) is 127 Å². The van der Waals surface area contributed by atoms with Gasteiger partial charge in [-0.15, -0.1) is 11.3 Å². The molecule has 7 aromatic carbocycles. The van der Waals surface area contributed by atoms with Crippen LogP contribution in [-0.4, -0.2) is 14.5 Å². The Bertz CT molecular complexity index is 2790. The second-order valence-corrected chi connectivity index (χ2v) is 13.3. The highest BCUT2D eigenvalue weighted by molar-refractivity contribution is 7.26. The molecule has 220 valence electrons. The highest BCUT2D eigenvalue weighted by Crippen LogP contribution is 2.48. The fourth-order valence-electron chi connectivity index (χ4n) is 7.36. The summed E-state index contributed by atoms with van der Waals surface area (Å²) in [6.07, 6.45) is 0. The number of nitrogens with zero attached hydrogens (tertiary/aromatic N) is 3. The van der Waals surface area contributed by atoms with Gasteiger partial charge in [0.1, 0.15) is 5.82 Å². The first-order chi connectivity index (χ1) is 23.2. The summed E-state index contributed by atoms with van der Waals surface area (Å²) in [7, 11) is 0. The van der Waals surface area contributed by atoms with E-state index in [2.05, 4.69) is 133 Å². The van der Waals surface area contributed by atoms with Crippen LogP contribution in [0.2, 0.25) is 0 Å². The van der Waals surface area contributed by atoms with Gasteiger partial charge in [0.2, 0.25) is 0 Å². The minimum absolute atomic E-state index is 0.709. The zero-order valence-corrected chi connectivity index (χ0v) is 26.4. The van der Waals surface area contributed by atoms with E-state index < -0.39 is 0 Å². The first-order valence-corrected chi connectivity index (χ1v) is 16.7. The Morgan fingerprint density at radius 2 is 1.17 bits per heavy atom. The maximum atomic E-state index is 5.35. The Hall–Kier alpha value is -5.84. The van der Waals surface area contributed by atoms with Crippen molar-refractivity contribution in [1.82, 2.24) is 14.5 Å². The minimum Gasteiger partial charge on any atom is -0.293 e. The Balaban J connectivity index is 1.44. The van der Waals surface area contributed by atoms with Crippen molar-refractivity contribution >= 4 is 74.9 Å². The highest BCUT2D eigenvalue weighted by Gasteiger charge is 2.23. The van der Waals surface area contributed by atoms with Gasteiger partial charge in [0.25, 0.3) is 0 Å². The van der Waals surface area contributed by atoms with Crippen LogP contribution in [0.5, 0.6) is 0 Å². The van der Waals surface area contributed by atoms with Crippen molar-refractivity contribution in [3.05, 3.63) is 151 Å². The highest BCUT2D eigenvalue weighted by atomic mass is 32.1. The molecule has 0 fully saturated rings. The molecule has 0 N–H and O–H groups in total. The van der Waals surface area contributed by atoms with Gasteiger partial charge in [-0.05, 0) is 41.3 Å². The van der Waals surface area contributed by atoms with Gasteiger partial charge in [-0.25, -0.2) is 9.97 Å². The molecular weight excluding hydrogens is 591 g/mol. The first-order valence-electron chi connectivity index (χ1n) is 15.9. The third-order valence-corrected chi connectivity index (χ3v) is 10.6. The molecule has 3 nitrogen and oxygen atoms in total. The molecule has 10 aromatic rings. The number of aromatic nitrogens is 3. The fourth-order valence-corrected chi connectivity index (χ4v) is 8.59. The van der Waals surface area contributed by atoms with Crippen molar-refractivity contribution in [3.63, 3.8) is 0 Å². The van der Waals surface area contributed by atoms with Gasteiger partial charge in [-0.2, -0.15) is 0 Å². The molecule has 0 aliphatic rings. The summed E-state index contributed by atoms with van der Waals surface area (Å²) in [6, 6.07) is 52.0.